The molecular weight excluding hydrogens is 265 g/mol. The van der Waals surface area contributed by atoms with E-state index < -0.39 is 23.8 Å². The summed E-state index contributed by atoms with van der Waals surface area (Å²) in [6, 6.07) is 3.14. The van der Waals surface area contributed by atoms with Gasteiger partial charge in [-0.05, 0) is 37.5 Å². The molecule has 1 rings (SSSR count). The summed E-state index contributed by atoms with van der Waals surface area (Å²) in [7, 11) is 0. The van der Waals surface area contributed by atoms with E-state index in [0.717, 1.165) is 12.1 Å². The van der Waals surface area contributed by atoms with Crippen LogP contribution in [0, 0.1) is 11.7 Å². The minimum absolute atomic E-state index is 0.0558. The summed E-state index contributed by atoms with van der Waals surface area (Å²) in [6.07, 6.45) is 0.0641. The van der Waals surface area contributed by atoms with Gasteiger partial charge >= 0.3 is 5.97 Å². The number of carboxylic acid groups (broad SMARTS) is 1. The van der Waals surface area contributed by atoms with Gasteiger partial charge in [-0.15, -0.1) is 0 Å². The molecule has 0 radical (unpaired) electrons. The Labute approximate surface area is 116 Å². The zero-order chi connectivity index (χ0) is 15.3. The molecule has 0 aliphatic heterocycles. The van der Waals surface area contributed by atoms with Crippen molar-refractivity contribution in [2.45, 2.75) is 26.4 Å². The van der Waals surface area contributed by atoms with E-state index in [1.54, 1.807) is 6.92 Å². The van der Waals surface area contributed by atoms with Crippen LogP contribution < -0.4 is 5.32 Å². The maximum absolute atomic E-state index is 13.6. The van der Waals surface area contributed by atoms with E-state index in [1.165, 1.54) is 6.07 Å². The van der Waals surface area contributed by atoms with Gasteiger partial charge in [0.1, 0.15) is 5.82 Å². The third kappa shape index (κ3) is 4.62. The summed E-state index contributed by atoms with van der Waals surface area (Å²) >= 11 is 0. The first-order valence-corrected chi connectivity index (χ1v) is 6.30. The molecular formula is C14H18FNO4. The van der Waals surface area contributed by atoms with Crippen LogP contribution >= 0.6 is 0 Å². The fourth-order valence-electron chi connectivity index (χ4n) is 1.86. The molecule has 1 aromatic carbocycles. The number of carbonyl (C=O) groups excluding carboxylic acids is 1. The Bertz CT molecular complexity index is 502. The van der Waals surface area contributed by atoms with Crippen LogP contribution in [0.1, 0.15) is 41.0 Å². The lowest BCUT2D eigenvalue weighted by molar-refractivity contribution is 0.0695. The molecule has 20 heavy (non-hydrogen) atoms. The standard InChI is InChI=1S/C14H18FNO4/c1-8(5-9(2)17)7-16-13(18)11-4-3-10(14(19)20)6-12(11)15/h3-4,6,8-9,17H,5,7H2,1-2H3,(H,16,18)(H,19,20). The fourth-order valence-corrected chi connectivity index (χ4v) is 1.86. The average molecular weight is 283 g/mol. The summed E-state index contributed by atoms with van der Waals surface area (Å²) in [5.41, 5.74) is -0.402. The number of aromatic carboxylic acids is 1. The van der Waals surface area contributed by atoms with Crippen molar-refractivity contribution >= 4 is 11.9 Å². The Kier molecular flexibility index (Phi) is 5.64. The SMILES string of the molecule is CC(O)CC(C)CNC(=O)c1ccc(C(=O)O)cc1F. The summed E-state index contributed by atoms with van der Waals surface area (Å²) in [5, 5.41) is 20.5. The molecule has 1 aromatic rings. The van der Waals surface area contributed by atoms with Crippen molar-refractivity contribution in [3.8, 4) is 0 Å². The predicted octanol–water partition coefficient (Wildman–Crippen LogP) is 1.66. The number of halogens is 1. The topological polar surface area (TPSA) is 86.6 Å². The Morgan fingerprint density at radius 1 is 1.35 bits per heavy atom. The number of hydrogen-bond donors (Lipinski definition) is 3. The Morgan fingerprint density at radius 2 is 2.00 bits per heavy atom. The van der Waals surface area contributed by atoms with Crippen LogP contribution in [0.25, 0.3) is 0 Å². The second-order valence-electron chi connectivity index (χ2n) is 4.90. The quantitative estimate of drug-likeness (QED) is 0.741. The van der Waals surface area contributed by atoms with Gasteiger partial charge in [-0.25, -0.2) is 9.18 Å². The van der Waals surface area contributed by atoms with Gasteiger partial charge in [0.05, 0.1) is 17.2 Å². The molecule has 0 aliphatic rings. The molecule has 0 spiro atoms. The first kappa shape index (κ1) is 16.1. The van der Waals surface area contributed by atoms with Gasteiger partial charge in [0, 0.05) is 6.54 Å². The maximum atomic E-state index is 13.6. The van der Waals surface area contributed by atoms with Gasteiger partial charge in [-0.1, -0.05) is 6.92 Å². The number of carboxylic acids is 1. The Hall–Kier alpha value is -1.95. The summed E-state index contributed by atoms with van der Waals surface area (Å²) < 4.78 is 13.6. The minimum atomic E-state index is -1.25. The molecule has 0 saturated carbocycles. The summed E-state index contributed by atoms with van der Waals surface area (Å²) in [4.78, 5) is 22.4. The van der Waals surface area contributed by atoms with Gasteiger partial charge in [0.2, 0.25) is 0 Å². The molecule has 0 bridgehead atoms. The van der Waals surface area contributed by atoms with Crippen LogP contribution in [0.5, 0.6) is 0 Å². The molecule has 3 N–H and O–H groups in total. The average Bonchev–Trinajstić information content (AvgIpc) is 2.34. The molecule has 0 saturated heterocycles. The number of amides is 1. The van der Waals surface area contributed by atoms with Crippen molar-refractivity contribution in [1.29, 1.82) is 0 Å². The molecule has 2 atom stereocenters. The van der Waals surface area contributed by atoms with Crippen LogP contribution in [0.15, 0.2) is 18.2 Å². The number of benzene rings is 1. The molecule has 0 aliphatic carbocycles. The van der Waals surface area contributed by atoms with E-state index in [-0.39, 0.29) is 17.0 Å². The van der Waals surface area contributed by atoms with E-state index >= 15 is 0 Å². The molecule has 110 valence electrons. The summed E-state index contributed by atoms with van der Waals surface area (Å²) in [5.74, 6) is -2.66. The number of aliphatic hydroxyl groups is 1. The van der Waals surface area contributed by atoms with Crippen molar-refractivity contribution in [1.82, 2.24) is 5.32 Å². The highest BCUT2D eigenvalue weighted by Crippen LogP contribution is 2.11. The van der Waals surface area contributed by atoms with Crippen LogP contribution in [0.3, 0.4) is 0 Å². The third-order valence-corrected chi connectivity index (χ3v) is 2.82. The van der Waals surface area contributed by atoms with E-state index in [9.17, 15) is 19.1 Å². The lowest BCUT2D eigenvalue weighted by atomic mass is 10.0. The zero-order valence-corrected chi connectivity index (χ0v) is 11.4. The van der Waals surface area contributed by atoms with Crippen molar-refractivity contribution < 1.29 is 24.2 Å². The maximum Gasteiger partial charge on any atom is 0.335 e. The molecule has 2 unspecified atom stereocenters. The first-order valence-electron chi connectivity index (χ1n) is 6.30. The van der Waals surface area contributed by atoms with E-state index in [2.05, 4.69) is 5.32 Å². The van der Waals surface area contributed by atoms with Crippen molar-refractivity contribution in [3.05, 3.63) is 35.1 Å². The second-order valence-corrected chi connectivity index (χ2v) is 4.90. The highest BCUT2D eigenvalue weighted by molar-refractivity contribution is 5.96. The number of aliphatic hydroxyl groups excluding tert-OH is 1. The number of hydrogen-bond acceptors (Lipinski definition) is 3. The van der Waals surface area contributed by atoms with Gasteiger partial charge in [0.25, 0.3) is 5.91 Å². The minimum Gasteiger partial charge on any atom is -0.478 e. The number of carbonyl (C=O) groups is 2. The van der Waals surface area contributed by atoms with Gasteiger partial charge in [-0.3, -0.25) is 4.79 Å². The van der Waals surface area contributed by atoms with Crippen LogP contribution in [0.4, 0.5) is 4.39 Å². The monoisotopic (exact) mass is 283 g/mol. The Morgan fingerprint density at radius 3 is 2.50 bits per heavy atom. The van der Waals surface area contributed by atoms with Gasteiger partial charge in [0.15, 0.2) is 0 Å². The van der Waals surface area contributed by atoms with Crippen molar-refractivity contribution in [3.63, 3.8) is 0 Å². The van der Waals surface area contributed by atoms with E-state index in [4.69, 9.17) is 5.11 Å². The second kappa shape index (κ2) is 7.00. The zero-order valence-electron chi connectivity index (χ0n) is 11.4. The molecule has 0 fully saturated rings. The molecule has 5 nitrogen and oxygen atoms in total. The van der Waals surface area contributed by atoms with E-state index in [0.29, 0.717) is 13.0 Å². The largest absolute Gasteiger partial charge is 0.478 e. The normalized spacial score (nSPS) is 13.6. The smallest absolute Gasteiger partial charge is 0.335 e. The van der Waals surface area contributed by atoms with Gasteiger partial charge in [-0.2, -0.15) is 0 Å². The van der Waals surface area contributed by atoms with Crippen LogP contribution in [-0.2, 0) is 0 Å². The highest BCUT2D eigenvalue weighted by atomic mass is 19.1. The molecule has 6 heteroatoms. The van der Waals surface area contributed by atoms with Crippen molar-refractivity contribution in [2.24, 2.45) is 5.92 Å². The van der Waals surface area contributed by atoms with Crippen LogP contribution in [-0.4, -0.2) is 34.7 Å². The lowest BCUT2D eigenvalue weighted by Gasteiger charge is -2.14. The molecule has 1 amide bonds. The number of rotatable bonds is 6. The lowest BCUT2D eigenvalue weighted by Crippen LogP contribution is -2.30. The molecule has 0 heterocycles. The highest BCUT2D eigenvalue weighted by Gasteiger charge is 2.15. The Balaban J connectivity index is 2.66. The number of nitrogens with one attached hydrogen (secondary N) is 1. The summed E-state index contributed by atoms with van der Waals surface area (Å²) in [6.45, 7) is 3.82. The predicted molar refractivity (Wildman–Crippen MR) is 71.2 cm³/mol. The van der Waals surface area contributed by atoms with Gasteiger partial charge < -0.3 is 15.5 Å². The molecule has 0 aromatic heterocycles. The first-order chi connectivity index (χ1) is 9.31. The van der Waals surface area contributed by atoms with Crippen molar-refractivity contribution in [2.75, 3.05) is 6.54 Å². The third-order valence-electron chi connectivity index (χ3n) is 2.82. The van der Waals surface area contributed by atoms with E-state index in [1.807, 2.05) is 6.92 Å². The fraction of sp³-hybridized carbons (Fsp3) is 0.429. The van der Waals surface area contributed by atoms with Crippen LogP contribution in [0.2, 0.25) is 0 Å².